The van der Waals surface area contributed by atoms with Crippen molar-refractivity contribution in [1.29, 1.82) is 0 Å². The number of rotatable bonds is 6. The molecule has 2 nitrogen and oxygen atoms in total. The zero-order chi connectivity index (χ0) is 14.4. The lowest BCUT2D eigenvalue weighted by molar-refractivity contribution is -0.0499. The fourth-order valence-corrected chi connectivity index (χ4v) is 2.46. The molecular formula is C16H21F2NO. The largest absolute Gasteiger partial charge is 0.435 e. The van der Waals surface area contributed by atoms with Gasteiger partial charge in [-0.3, -0.25) is 0 Å². The van der Waals surface area contributed by atoms with Crippen molar-refractivity contribution >= 4 is 0 Å². The molecule has 0 aliphatic heterocycles. The molecule has 0 saturated heterocycles. The Hall–Kier alpha value is -1.42. The molecule has 110 valence electrons. The molecule has 1 aromatic rings. The number of hydrogen-bond donors (Lipinski definition) is 1. The lowest BCUT2D eigenvalue weighted by atomic mass is 9.94. The van der Waals surface area contributed by atoms with E-state index in [-0.39, 0.29) is 11.8 Å². The Bertz CT molecular complexity index is 448. The van der Waals surface area contributed by atoms with E-state index in [1.807, 2.05) is 13.0 Å². The van der Waals surface area contributed by atoms with Crippen molar-refractivity contribution in [2.24, 2.45) is 5.92 Å². The van der Waals surface area contributed by atoms with Crippen LogP contribution in [-0.2, 0) is 0 Å². The number of ether oxygens (including phenoxy) is 1. The summed E-state index contributed by atoms with van der Waals surface area (Å²) in [5.74, 6) is 0.884. The van der Waals surface area contributed by atoms with Gasteiger partial charge in [0.25, 0.3) is 0 Å². The predicted octanol–water partition coefficient (Wildman–Crippen LogP) is 4.29. The minimum atomic E-state index is -2.78. The molecule has 0 saturated carbocycles. The Morgan fingerprint density at radius 2 is 2.20 bits per heavy atom. The van der Waals surface area contributed by atoms with Gasteiger partial charge < -0.3 is 10.1 Å². The second-order valence-electron chi connectivity index (χ2n) is 5.23. The quantitative estimate of drug-likeness (QED) is 0.785. The maximum atomic E-state index is 12.2. The molecule has 1 aliphatic carbocycles. The van der Waals surface area contributed by atoms with E-state index in [2.05, 4.69) is 22.2 Å². The van der Waals surface area contributed by atoms with Crippen LogP contribution in [0.4, 0.5) is 8.78 Å². The van der Waals surface area contributed by atoms with Crippen LogP contribution in [0.3, 0.4) is 0 Å². The zero-order valence-electron chi connectivity index (χ0n) is 11.7. The van der Waals surface area contributed by atoms with Crippen molar-refractivity contribution in [3.63, 3.8) is 0 Å². The monoisotopic (exact) mass is 281 g/mol. The molecule has 1 aromatic carbocycles. The van der Waals surface area contributed by atoms with Crippen molar-refractivity contribution in [1.82, 2.24) is 5.32 Å². The molecule has 0 amide bonds. The Balaban J connectivity index is 1.87. The molecule has 1 N–H and O–H groups in total. The summed E-state index contributed by atoms with van der Waals surface area (Å²) in [6, 6.07) is 7.02. The van der Waals surface area contributed by atoms with Crippen LogP contribution in [0.25, 0.3) is 0 Å². The summed E-state index contributed by atoms with van der Waals surface area (Å²) in [6.07, 6.45) is 7.94. The Morgan fingerprint density at radius 1 is 1.35 bits per heavy atom. The van der Waals surface area contributed by atoms with Crippen LogP contribution in [0.1, 0.15) is 37.8 Å². The summed E-state index contributed by atoms with van der Waals surface area (Å²) in [4.78, 5) is 0. The maximum absolute atomic E-state index is 12.2. The van der Waals surface area contributed by atoms with E-state index in [0.29, 0.717) is 5.92 Å². The summed E-state index contributed by atoms with van der Waals surface area (Å²) < 4.78 is 28.8. The Morgan fingerprint density at radius 3 is 2.90 bits per heavy atom. The first kappa shape index (κ1) is 15.0. The SMILES string of the molecule is CC(NCC1CC=CCC1)c1cccc(OC(F)F)c1. The van der Waals surface area contributed by atoms with Crippen molar-refractivity contribution in [2.45, 2.75) is 38.8 Å². The summed E-state index contributed by atoms with van der Waals surface area (Å²) in [6.45, 7) is 0.216. The predicted molar refractivity (Wildman–Crippen MR) is 76.0 cm³/mol. The summed E-state index contributed by atoms with van der Waals surface area (Å²) >= 11 is 0. The number of hydrogen-bond acceptors (Lipinski definition) is 2. The highest BCUT2D eigenvalue weighted by Crippen LogP contribution is 2.22. The van der Waals surface area contributed by atoms with Crippen LogP contribution >= 0.6 is 0 Å². The summed E-state index contributed by atoms with van der Waals surface area (Å²) in [5, 5.41) is 3.47. The maximum Gasteiger partial charge on any atom is 0.387 e. The van der Waals surface area contributed by atoms with Crippen molar-refractivity contribution in [3.8, 4) is 5.75 Å². The van der Waals surface area contributed by atoms with Gasteiger partial charge in [-0.2, -0.15) is 8.78 Å². The third-order valence-electron chi connectivity index (χ3n) is 3.67. The second-order valence-corrected chi connectivity index (χ2v) is 5.23. The van der Waals surface area contributed by atoms with Gasteiger partial charge in [-0.1, -0.05) is 24.3 Å². The van der Waals surface area contributed by atoms with Crippen LogP contribution in [0.15, 0.2) is 36.4 Å². The third kappa shape index (κ3) is 4.60. The van der Waals surface area contributed by atoms with Gasteiger partial charge in [0.15, 0.2) is 0 Å². The first-order valence-electron chi connectivity index (χ1n) is 7.08. The van der Waals surface area contributed by atoms with Gasteiger partial charge in [0.2, 0.25) is 0 Å². The van der Waals surface area contributed by atoms with Crippen LogP contribution in [-0.4, -0.2) is 13.2 Å². The molecule has 0 spiro atoms. The van der Waals surface area contributed by atoms with Crippen LogP contribution in [0.2, 0.25) is 0 Å². The summed E-state index contributed by atoms with van der Waals surface area (Å²) in [5.41, 5.74) is 0.967. The molecule has 4 heteroatoms. The number of benzene rings is 1. The van der Waals surface area contributed by atoms with Gasteiger partial charge in [0, 0.05) is 6.04 Å². The van der Waals surface area contributed by atoms with E-state index in [1.54, 1.807) is 18.2 Å². The van der Waals surface area contributed by atoms with Crippen LogP contribution in [0.5, 0.6) is 5.75 Å². The zero-order valence-corrected chi connectivity index (χ0v) is 11.7. The average Bonchev–Trinajstić information content (AvgIpc) is 2.45. The molecule has 0 bridgehead atoms. The minimum absolute atomic E-state index is 0.127. The van der Waals surface area contributed by atoms with Gasteiger partial charge in [-0.15, -0.1) is 0 Å². The van der Waals surface area contributed by atoms with Gasteiger partial charge in [-0.25, -0.2) is 0 Å². The van der Waals surface area contributed by atoms with Gasteiger partial charge in [-0.05, 0) is 56.3 Å². The number of allylic oxidation sites excluding steroid dienone is 2. The van der Waals surface area contributed by atoms with Crippen LogP contribution < -0.4 is 10.1 Å². The van der Waals surface area contributed by atoms with E-state index in [1.165, 1.54) is 6.42 Å². The van der Waals surface area contributed by atoms with Crippen LogP contribution in [0, 0.1) is 5.92 Å². The second kappa shape index (κ2) is 7.39. The highest BCUT2D eigenvalue weighted by Gasteiger charge is 2.13. The molecule has 2 atom stereocenters. The number of alkyl halides is 2. The highest BCUT2D eigenvalue weighted by molar-refractivity contribution is 5.30. The van der Waals surface area contributed by atoms with Gasteiger partial charge >= 0.3 is 6.61 Å². The minimum Gasteiger partial charge on any atom is -0.435 e. The molecule has 0 fully saturated rings. The molecule has 0 heterocycles. The Labute approximate surface area is 118 Å². The van der Waals surface area contributed by atoms with Gasteiger partial charge in [0.05, 0.1) is 0 Å². The van der Waals surface area contributed by atoms with E-state index < -0.39 is 6.61 Å². The number of halogens is 2. The molecular weight excluding hydrogens is 260 g/mol. The smallest absolute Gasteiger partial charge is 0.387 e. The Kier molecular flexibility index (Phi) is 5.53. The fraction of sp³-hybridized carbons (Fsp3) is 0.500. The normalized spacial score (nSPS) is 20.1. The standard InChI is InChI=1S/C16H21F2NO/c1-12(19-11-13-6-3-2-4-7-13)14-8-5-9-15(10-14)20-16(17)18/h2-3,5,8-10,12-13,16,19H,4,6-7,11H2,1H3. The molecule has 0 radical (unpaired) electrons. The van der Waals surface area contributed by atoms with E-state index in [4.69, 9.17) is 0 Å². The van der Waals surface area contributed by atoms with Crippen molar-refractivity contribution in [2.75, 3.05) is 6.54 Å². The van der Waals surface area contributed by atoms with E-state index in [0.717, 1.165) is 24.9 Å². The molecule has 1 aliphatic rings. The first-order chi connectivity index (χ1) is 9.65. The lowest BCUT2D eigenvalue weighted by Crippen LogP contribution is -2.26. The molecule has 0 aromatic heterocycles. The summed E-state index contributed by atoms with van der Waals surface area (Å²) in [7, 11) is 0. The average molecular weight is 281 g/mol. The first-order valence-corrected chi connectivity index (χ1v) is 7.08. The van der Waals surface area contributed by atoms with Crippen molar-refractivity contribution < 1.29 is 13.5 Å². The topological polar surface area (TPSA) is 21.3 Å². The third-order valence-corrected chi connectivity index (χ3v) is 3.67. The molecule has 2 rings (SSSR count). The fourth-order valence-electron chi connectivity index (χ4n) is 2.46. The molecule has 20 heavy (non-hydrogen) atoms. The van der Waals surface area contributed by atoms with Crippen molar-refractivity contribution in [3.05, 3.63) is 42.0 Å². The number of nitrogens with one attached hydrogen (secondary N) is 1. The lowest BCUT2D eigenvalue weighted by Gasteiger charge is -2.22. The van der Waals surface area contributed by atoms with Gasteiger partial charge in [0.1, 0.15) is 5.75 Å². The molecule has 2 unspecified atom stereocenters. The van der Waals surface area contributed by atoms with E-state index in [9.17, 15) is 8.78 Å². The highest BCUT2D eigenvalue weighted by atomic mass is 19.3. The van der Waals surface area contributed by atoms with E-state index >= 15 is 0 Å².